The van der Waals surface area contributed by atoms with E-state index in [4.69, 9.17) is 23.7 Å². The summed E-state index contributed by atoms with van der Waals surface area (Å²) in [4.78, 5) is 29.3. The van der Waals surface area contributed by atoms with E-state index in [-0.39, 0.29) is 53.0 Å². The molecule has 1 amide bonds. The number of carbonyl (C=O) groups excluding carboxylic acids is 2. The second kappa shape index (κ2) is 12.3. The molecular weight excluding hydrogens is 580 g/mol. The van der Waals surface area contributed by atoms with Crippen molar-refractivity contribution in [3.05, 3.63) is 41.0 Å². The normalized spacial score (nSPS) is 24.6. The predicted molar refractivity (Wildman–Crippen MR) is 160 cm³/mol. The molecular formula is C30H36N2O8S2. The first-order chi connectivity index (χ1) is 20.4. The quantitative estimate of drug-likeness (QED) is 0.251. The van der Waals surface area contributed by atoms with Crippen LogP contribution >= 0.6 is 21.6 Å². The number of fused-ring (bicyclic) bond motifs is 3. The third kappa shape index (κ3) is 5.44. The van der Waals surface area contributed by atoms with Crippen molar-refractivity contribution in [2.45, 2.75) is 24.5 Å². The smallest absolute Gasteiger partial charge is 0.310 e. The molecule has 2 fully saturated rings. The Morgan fingerprint density at radius 1 is 1.00 bits per heavy atom. The van der Waals surface area contributed by atoms with Crippen molar-refractivity contribution in [3.63, 3.8) is 0 Å². The van der Waals surface area contributed by atoms with Crippen molar-refractivity contribution in [1.82, 2.24) is 9.80 Å². The monoisotopic (exact) mass is 616 g/mol. The second-order valence-electron chi connectivity index (χ2n) is 10.9. The molecule has 1 N–H and O–H groups in total. The fourth-order valence-corrected chi connectivity index (χ4v) is 9.49. The van der Waals surface area contributed by atoms with Crippen LogP contribution in [0.15, 0.2) is 24.3 Å². The number of hydrogen-bond acceptors (Lipinski definition) is 11. The Labute approximate surface area is 253 Å². The molecule has 3 heterocycles. The number of cyclic esters (lactones) is 1. The molecule has 0 spiro atoms. The summed E-state index contributed by atoms with van der Waals surface area (Å²) < 4.78 is 28.1. The van der Waals surface area contributed by atoms with E-state index < -0.39 is 5.92 Å². The molecule has 0 aromatic heterocycles. The van der Waals surface area contributed by atoms with Crippen molar-refractivity contribution in [2.24, 2.45) is 11.8 Å². The Balaban J connectivity index is 1.24. The van der Waals surface area contributed by atoms with E-state index in [1.54, 1.807) is 29.9 Å². The molecule has 4 atom stereocenters. The highest BCUT2D eigenvalue weighted by atomic mass is 33.1. The van der Waals surface area contributed by atoms with Gasteiger partial charge < -0.3 is 33.7 Å². The molecule has 0 bridgehead atoms. The van der Waals surface area contributed by atoms with Crippen LogP contribution in [0.4, 0.5) is 0 Å². The molecule has 2 aromatic carbocycles. The maximum Gasteiger partial charge on any atom is 0.310 e. The van der Waals surface area contributed by atoms with E-state index in [1.807, 2.05) is 21.8 Å². The Kier molecular flexibility index (Phi) is 8.56. The Morgan fingerprint density at radius 3 is 2.31 bits per heavy atom. The van der Waals surface area contributed by atoms with E-state index in [0.717, 1.165) is 61.6 Å². The van der Waals surface area contributed by atoms with Gasteiger partial charge in [-0.25, -0.2) is 0 Å². The number of methoxy groups -OCH3 is 2. The maximum absolute atomic E-state index is 13.3. The minimum Gasteiger partial charge on any atom is -0.502 e. The van der Waals surface area contributed by atoms with Crippen molar-refractivity contribution in [2.75, 3.05) is 66.1 Å². The highest BCUT2D eigenvalue weighted by molar-refractivity contribution is 8.76. The van der Waals surface area contributed by atoms with Crippen LogP contribution in [0, 0.1) is 11.8 Å². The number of hydrogen-bond donors (Lipinski definition) is 1. The number of carbonyl (C=O) groups is 2. The van der Waals surface area contributed by atoms with Gasteiger partial charge in [-0.05, 0) is 53.9 Å². The van der Waals surface area contributed by atoms with Crippen LogP contribution in [0.5, 0.6) is 28.7 Å². The van der Waals surface area contributed by atoms with Gasteiger partial charge in [-0.3, -0.25) is 14.5 Å². The molecule has 42 heavy (non-hydrogen) atoms. The average Bonchev–Trinajstić information content (AvgIpc) is 3.62. The minimum absolute atomic E-state index is 0.0206. The van der Waals surface area contributed by atoms with Gasteiger partial charge in [-0.15, -0.1) is 0 Å². The Hall–Kier alpha value is -2.96. The number of nitrogens with zero attached hydrogens (tertiary/aromatic N) is 2. The lowest BCUT2D eigenvalue weighted by Crippen LogP contribution is -2.48. The summed E-state index contributed by atoms with van der Waals surface area (Å²) >= 11 is 0. The molecule has 0 unspecified atom stereocenters. The number of benzene rings is 2. The summed E-state index contributed by atoms with van der Waals surface area (Å²) in [7, 11) is 6.61. The predicted octanol–water partition coefficient (Wildman–Crippen LogP) is 4.05. The van der Waals surface area contributed by atoms with Crippen LogP contribution in [0.3, 0.4) is 0 Å². The lowest BCUT2D eigenvalue weighted by molar-refractivity contribution is -0.141. The van der Waals surface area contributed by atoms with Crippen LogP contribution in [-0.2, 0) is 14.3 Å². The number of rotatable bonds is 9. The van der Waals surface area contributed by atoms with E-state index in [0.29, 0.717) is 18.1 Å². The number of amides is 1. The summed E-state index contributed by atoms with van der Waals surface area (Å²) in [6, 6.07) is 7.61. The number of piperazine rings is 1. The summed E-state index contributed by atoms with van der Waals surface area (Å²) in [5.41, 5.74) is 2.89. The van der Waals surface area contributed by atoms with Gasteiger partial charge in [-0.1, -0.05) is 21.6 Å². The zero-order valence-corrected chi connectivity index (χ0v) is 25.6. The van der Waals surface area contributed by atoms with E-state index in [2.05, 4.69) is 11.0 Å². The number of phenols is 1. The standard InChI is InChI=1S/C30H36N2O8S2/c1-17(33)32-8-6-31(7-9-32)5-4-10-41-42-29-20-14-23-22(39-16-40-23)13-19(20)26(27-21(29)15-38-30(27)35)18-11-24(36-2)28(34)25(12-18)37-3/h11-14,21,26-27,29,34H,4-10,15-16H2,1-3H3/t21-,26+,27-,29+/m0/s1. The number of aromatic hydroxyl groups is 1. The number of phenolic OH excluding ortho intramolecular Hbond substituents is 1. The van der Waals surface area contributed by atoms with E-state index in [9.17, 15) is 14.7 Å². The fraction of sp³-hybridized carbons (Fsp3) is 0.533. The zero-order chi connectivity index (χ0) is 29.4. The van der Waals surface area contributed by atoms with Crippen molar-refractivity contribution >= 4 is 33.5 Å². The third-order valence-electron chi connectivity index (χ3n) is 8.67. The fourth-order valence-electron chi connectivity index (χ4n) is 6.48. The van der Waals surface area contributed by atoms with Crippen molar-refractivity contribution in [1.29, 1.82) is 0 Å². The van der Waals surface area contributed by atoms with Gasteiger partial charge in [0.05, 0.1) is 26.7 Å². The van der Waals surface area contributed by atoms with Gasteiger partial charge in [0, 0.05) is 55.9 Å². The van der Waals surface area contributed by atoms with Crippen LogP contribution in [0.2, 0.25) is 0 Å². The maximum atomic E-state index is 13.3. The topological polar surface area (TPSA) is 107 Å². The van der Waals surface area contributed by atoms with Crippen LogP contribution in [0.1, 0.15) is 41.2 Å². The first-order valence-electron chi connectivity index (χ1n) is 14.2. The Morgan fingerprint density at radius 2 is 1.67 bits per heavy atom. The van der Waals surface area contributed by atoms with Gasteiger partial charge in [0.1, 0.15) is 0 Å². The lowest BCUT2D eigenvalue weighted by atomic mass is 9.67. The summed E-state index contributed by atoms with van der Waals surface area (Å²) in [5, 5.41) is 10.6. The lowest BCUT2D eigenvalue weighted by Gasteiger charge is -2.38. The first kappa shape index (κ1) is 29.1. The van der Waals surface area contributed by atoms with Crippen molar-refractivity contribution < 1.29 is 38.4 Å². The second-order valence-corrected chi connectivity index (χ2v) is 13.6. The molecule has 0 saturated carbocycles. The first-order valence-corrected chi connectivity index (χ1v) is 16.6. The molecule has 2 aromatic rings. The molecule has 12 heteroatoms. The minimum atomic E-state index is -0.410. The van der Waals surface area contributed by atoms with Gasteiger partial charge in [0.25, 0.3) is 0 Å². The van der Waals surface area contributed by atoms with Crippen LogP contribution < -0.4 is 18.9 Å². The summed E-state index contributed by atoms with van der Waals surface area (Å²) in [6.07, 6.45) is 1.04. The van der Waals surface area contributed by atoms with E-state index in [1.165, 1.54) is 14.2 Å². The van der Waals surface area contributed by atoms with Crippen molar-refractivity contribution in [3.8, 4) is 28.7 Å². The number of ether oxygens (including phenoxy) is 5. The Bertz CT molecular complexity index is 1320. The molecule has 1 aliphatic carbocycles. The van der Waals surface area contributed by atoms with Gasteiger partial charge >= 0.3 is 5.97 Å². The highest BCUT2D eigenvalue weighted by Crippen LogP contribution is 2.60. The average molecular weight is 617 g/mol. The molecule has 6 rings (SSSR count). The molecule has 4 aliphatic rings. The summed E-state index contributed by atoms with van der Waals surface area (Å²) in [5.74, 6) is 1.94. The zero-order valence-electron chi connectivity index (χ0n) is 24.0. The SMILES string of the molecule is COc1cc([C@@H]2c3cc4c(cc3[C@@H](SSCCCN3CCN(C(C)=O)CC3)[C@H]3COC(=O)[C@H]23)OCO4)cc(OC)c1O. The molecule has 10 nitrogen and oxygen atoms in total. The summed E-state index contributed by atoms with van der Waals surface area (Å²) in [6.45, 7) is 6.56. The van der Waals surface area contributed by atoms with Gasteiger partial charge in [0.15, 0.2) is 23.0 Å². The molecule has 226 valence electrons. The third-order valence-corrected chi connectivity index (χ3v) is 11.6. The molecule has 3 aliphatic heterocycles. The van der Waals surface area contributed by atoms with Crippen LogP contribution in [-0.4, -0.2) is 92.9 Å². The molecule has 2 saturated heterocycles. The highest BCUT2D eigenvalue weighted by Gasteiger charge is 2.53. The molecule has 0 radical (unpaired) electrons. The van der Waals surface area contributed by atoms with Gasteiger partial charge in [-0.2, -0.15) is 0 Å². The van der Waals surface area contributed by atoms with Crippen LogP contribution in [0.25, 0.3) is 0 Å². The largest absolute Gasteiger partial charge is 0.502 e. The van der Waals surface area contributed by atoms with E-state index >= 15 is 0 Å². The number of esters is 1. The van der Waals surface area contributed by atoms with Gasteiger partial charge in [0.2, 0.25) is 18.4 Å².